The van der Waals surface area contributed by atoms with Crippen molar-refractivity contribution in [3.05, 3.63) is 122 Å². The van der Waals surface area contributed by atoms with Gasteiger partial charge in [-0.3, -0.25) is 18.6 Å². The predicted octanol–water partition coefficient (Wildman–Crippen LogP) is 16.8. The number of phosphoric acid groups is 1. The SMILES string of the molecule is CC/C=C\C/C=C\C/C=C\C/C=C\C/C=C\C/C=C\CCCCC(=O)NC(COP(=O)(O)OCC[N+](C)(C)C)C(/C=C\CCCCCCCCCCC)OC(=O)CCCCCCC\C=C/C=C/C=C/CC. The summed E-state index contributed by atoms with van der Waals surface area (Å²) >= 11 is 0. The molecule has 0 aliphatic carbocycles. The summed E-state index contributed by atoms with van der Waals surface area (Å²) in [7, 11) is 1.43. The van der Waals surface area contributed by atoms with Crippen LogP contribution in [0.2, 0.25) is 0 Å². The van der Waals surface area contributed by atoms with Crippen molar-refractivity contribution in [3.63, 3.8) is 0 Å². The van der Waals surface area contributed by atoms with Gasteiger partial charge in [0.05, 0.1) is 33.8 Å². The van der Waals surface area contributed by atoms with E-state index in [2.05, 4.69) is 129 Å². The maximum absolute atomic E-state index is 13.5. The van der Waals surface area contributed by atoms with Crippen LogP contribution in [0.1, 0.15) is 201 Å². The number of esters is 1. The van der Waals surface area contributed by atoms with Gasteiger partial charge in [-0.2, -0.15) is 0 Å². The van der Waals surface area contributed by atoms with Crippen molar-refractivity contribution in [1.29, 1.82) is 0 Å². The van der Waals surface area contributed by atoms with Crippen molar-refractivity contribution < 1.29 is 37.3 Å². The molecule has 0 radical (unpaired) electrons. The lowest BCUT2D eigenvalue weighted by molar-refractivity contribution is -0.870. The van der Waals surface area contributed by atoms with E-state index in [0.717, 1.165) is 109 Å². The molecule has 0 aliphatic rings. The molecule has 0 aliphatic heterocycles. The van der Waals surface area contributed by atoms with Crippen LogP contribution in [0.5, 0.6) is 0 Å². The van der Waals surface area contributed by atoms with E-state index >= 15 is 0 Å². The first-order valence-electron chi connectivity index (χ1n) is 27.9. The Morgan fingerprint density at radius 2 is 0.972 bits per heavy atom. The topological polar surface area (TPSA) is 111 Å². The minimum Gasteiger partial charge on any atom is -0.456 e. The molecular formula is C61H104N2O7P+. The van der Waals surface area contributed by atoms with Crippen LogP contribution in [0, 0.1) is 0 Å². The molecule has 9 nitrogen and oxygen atoms in total. The van der Waals surface area contributed by atoms with Crippen LogP contribution in [-0.4, -0.2) is 74.3 Å². The molecule has 10 heteroatoms. The zero-order valence-corrected chi connectivity index (χ0v) is 46.8. The van der Waals surface area contributed by atoms with Gasteiger partial charge in [0.25, 0.3) is 0 Å². The summed E-state index contributed by atoms with van der Waals surface area (Å²) in [6.07, 6.45) is 69.2. The number of rotatable bonds is 48. The Hall–Kier alpha value is -3.59. The van der Waals surface area contributed by atoms with E-state index < -0.39 is 20.0 Å². The van der Waals surface area contributed by atoms with Crippen LogP contribution in [0.15, 0.2) is 122 Å². The number of hydrogen-bond donors (Lipinski definition) is 2. The molecule has 0 saturated heterocycles. The molecule has 0 aromatic heterocycles. The van der Waals surface area contributed by atoms with Gasteiger partial charge in [-0.25, -0.2) is 4.57 Å². The number of carbonyl (C=O) groups is 2. The largest absolute Gasteiger partial charge is 0.472 e. The van der Waals surface area contributed by atoms with Crippen molar-refractivity contribution in [2.75, 3.05) is 40.9 Å². The van der Waals surface area contributed by atoms with Gasteiger partial charge in [-0.1, -0.05) is 207 Å². The number of allylic oxidation sites excluding steroid dienone is 19. The summed E-state index contributed by atoms with van der Waals surface area (Å²) in [5.41, 5.74) is 0. The number of ether oxygens (including phenoxy) is 1. The molecule has 0 spiro atoms. The summed E-state index contributed by atoms with van der Waals surface area (Å²) < 4.78 is 30.5. The van der Waals surface area contributed by atoms with Gasteiger partial charge in [-0.15, -0.1) is 0 Å². The Labute approximate surface area is 435 Å². The Bertz CT molecular complexity index is 1630. The van der Waals surface area contributed by atoms with Crippen molar-refractivity contribution in [1.82, 2.24) is 5.32 Å². The highest BCUT2D eigenvalue weighted by molar-refractivity contribution is 7.47. The Kier molecular flexibility index (Phi) is 47.4. The molecule has 0 rings (SSSR count). The van der Waals surface area contributed by atoms with Gasteiger partial charge >= 0.3 is 13.8 Å². The quantitative estimate of drug-likeness (QED) is 0.0156. The van der Waals surface area contributed by atoms with E-state index in [1.54, 1.807) is 0 Å². The van der Waals surface area contributed by atoms with E-state index in [4.69, 9.17) is 13.8 Å². The second-order valence-corrected chi connectivity index (χ2v) is 20.9. The number of phosphoric ester groups is 1. The molecule has 0 bridgehead atoms. The van der Waals surface area contributed by atoms with Crippen LogP contribution < -0.4 is 5.32 Å². The molecule has 0 aromatic rings. The Morgan fingerprint density at radius 1 is 0.521 bits per heavy atom. The molecule has 3 unspecified atom stereocenters. The lowest BCUT2D eigenvalue weighted by Crippen LogP contribution is -2.47. The molecule has 71 heavy (non-hydrogen) atoms. The molecule has 2 N–H and O–H groups in total. The number of hydrogen-bond acceptors (Lipinski definition) is 6. The first-order valence-corrected chi connectivity index (χ1v) is 29.4. The number of nitrogens with one attached hydrogen (secondary N) is 1. The van der Waals surface area contributed by atoms with Gasteiger partial charge in [0.2, 0.25) is 5.91 Å². The van der Waals surface area contributed by atoms with E-state index in [1.165, 1.54) is 44.9 Å². The summed E-state index contributed by atoms with van der Waals surface area (Å²) in [5, 5.41) is 3.01. The number of quaternary nitrogens is 1. The number of unbranched alkanes of at least 4 members (excludes halogenated alkanes) is 16. The first-order chi connectivity index (χ1) is 34.4. The zero-order valence-electron chi connectivity index (χ0n) is 45.9. The second-order valence-electron chi connectivity index (χ2n) is 19.4. The fourth-order valence-corrected chi connectivity index (χ4v) is 7.91. The monoisotopic (exact) mass is 1010 g/mol. The third kappa shape index (κ3) is 51.1. The van der Waals surface area contributed by atoms with Crippen LogP contribution in [0.25, 0.3) is 0 Å². The van der Waals surface area contributed by atoms with Crippen molar-refractivity contribution in [2.45, 2.75) is 213 Å². The normalized spacial score (nSPS) is 14.7. The van der Waals surface area contributed by atoms with Gasteiger partial charge in [0.15, 0.2) is 0 Å². The van der Waals surface area contributed by atoms with Crippen molar-refractivity contribution >= 4 is 19.7 Å². The molecule has 0 fully saturated rings. The highest BCUT2D eigenvalue weighted by Crippen LogP contribution is 2.43. The average molecular weight is 1010 g/mol. The number of amides is 1. The molecule has 404 valence electrons. The zero-order chi connectivity index (χ0) is 52.2. The molecule has 0 saturated carbocycles. The van der Waals surface area contributed by atoms with Gasteiger partial charge < -0.3 is 19.4 Å². The molecular weight excluding hydrogens is 904 g/mol. The minimum atomic E-state index is -4.47. The fourth-order valence-electron chi connectivity index (χ4n) is 7.18. The van der Waals surface area contributed by atoms with Gasteiger partial charge in [-0.05, 0) is 102 Å². The van der Waals surface area contributed by atoms with Crippen molar-refractivity contribution in [3.8, 4) is 0 Å². The molecule has 0 heterocycles. The lowest BCUT2D eigenvalue weighted by Gasteiger charge is -2.27. The summed E-state index contributed by atoms with van der Waals surface area (Å²) in [6.45, 7) is 6.67. The summed E-state index contributed by atoms with van der Waals surface area (Å²) in [6, 6.07) is -0.887. The predicted molar refractivity (Wildman–Crippen MR) is 304 cm³/mol. The number of likely N-dealkylation sites (N-methyl/N-ethyl adjacent to an activating group) is 1. The van der Waals surface area contributed by atoms with Crippen molar-refractivity contribution in [2.24, 2.45) is 0 Å². The standard InChI is InChI=1S/C61H103N2O7P/c1-7-10-13-16-19-22-25-27-28-29-30-31-32-33-34-36-38-41-44-47-50-53-60(64)62-58(57-69-71(66,67)68-56-55-63(4,5)6)59(52-49-46-43-40-37-24-21-18-15-12-9-3)70-61(65)54-51-48-45-42-39-35-26-23-20-17-14-11-8-2/h10-11,13-14,17,19-20,22-23,26-28,30-31,33-34,38,41,49,52,58-59H,7-9,12,15-16,18,21,24-25,29,32,35-37,39-40,42-48,50-51,53-57H2,1-6H3,(H-,62,64,66,67)/p+1/b13-10-,14-11+,20-17+,22-19-,26-23-,28-27-,31-30-,34-33-,41-38-,52-49-. The van der Waals surface area contributed by atoms with Crippen LogP contribution in [0.3, 0.4) is 0 Å². The molecule has 0 aromatic carbocycles. The van der Waals surface area contributed by atoms with Crippen LogP contribution in [0.4, 0.5) is 0 Å². The third-order valence-corrected chi connectivity index (χ3v) is 12.4. The Morgan fingerprint density at radius 3 is 1.52 bits per heavy atom. The maximum Gasteiger partial charge on any atom is 0.472 e. The second kappa shape index (κ2) is 50.0. The smallest absolute Gasteiger partial charge is 0.456 e. The van der Waals surface area contributed by atoms with Gasteiger partial charge in [0, 0.05) is 12.8 Å². The molecule has 3 atom stereocenters. The highest BCUT2D eigenvalue weighted by Gasteiger charge is 2.30. The van der Waals surface area contributed by atoms with E-state index in [-0.39, 0.29) is 37.9 Å². The van der Waals surface area contributed by atoms with Crippen LogP contribution >= 0.6 is 7.82 Å². The minimum absolute atomic E-state index is 0.0209. The third-order valence-electron chi connectivity index (χ3n) is 11.5. The first kappa shape index (κ1) is 67.4. The van der Waals surface area contributed by atoms with Crippen LogP contribution in [-0.2, 0) is 27.9 Å². The van der Waals surface area contributed by atoms with Gasteiger partial charge in [0.1, 0.15) is 19.3 Å². The van der Waals surface area contributed by atoms with E-state index in [0.29, 0.717) is 23.9 Å². The highest BCUT2D eigenvalue weighted by atomic mass is 31.2. The lowest BCUT2D eigenvalue weighted by atomic mass is 10.1. The molecule has 1 amide bonds. The maximum atomic E-state index is 13.5. The Balaban J connectivity index is 5.42. The number of carbonyl (C=O) groups excluding carboxylic acids is 2. The summed E-state index contributed by atoms with van der Waals surface area (Å²) in [5.74, 6) is -0.593. The fraction of sp³-hybridized carbons (Fsp3) is 0.639. The van der Waals surface area contributed by atoms with E-state index in [9.17, 15) is 19.0 Å². The summed E-state index contributed by atoms with van der Waals surface area (Å²) in [4.78, 5) is 37.5. The number of nitrogens with zero attached hydrogens (tertiary/aromatic N) is 1. The average Bonchev–Trinajstić information content (AvgIpc) is 3.33. The van der Waals surface area contributed by atoms with E-state index in [1.807, 2.05) is 39.4 Å².